The Morgan fingerprint density at radius 1 is 1.00 bits per heavy atom. The SMILES string of the molecule is NNC(Cc1cccc(Cl)c1)c1c(Cl)cccc1Cl. The predicted octanol–water partition coefficient (Wildman–Crippen LogP) is 4.39. The van der Waals surface area contributed by atoms with Crippen LogP contribution in [0.5, 0.6) is 0 Å². The maximum absolute atomic E-state index is 6.19. The Bertz CT molecular complexity index is 552. The monoisotopic (exact) mass is 314 g/mol. The fraction of sp³-hybridized carbons (Fsp3) is 0.143. The van der Waals surface area contributed by atoms with Crippen molar-refractivity contribution < 1.29 is 0 Å². The van der Waals surface area contributed by atoms with E-state index in [2.05, 4.69) is 5.43 Å². The zero-order valence-electron chi connectivity index (χ0n) is 10.0. The summed E-state index contributed by atoms with van der Waals surface area (Å²) in [7, 11) is 0. The Balaban J connectivity index is 2.30. The first-order valence-corrected chi connectivity index (χ1v) is 6.89. The first-order chi connectivity index (χ1) is 9.11. The normalized spacial score (nSPS) is 12.4. The summed E-state index contributed by atoms with van der Waals surface area (Å²) in [5, 5.41) is 1.88. The molecule has 0 saturated carbocycles. The minimum absolute atomic E-state index is 0.167. The third-order valence-corrected chi connectivity index (χ3v) is 3.77. The molecule has 0 spiro atoms. The molecular formula is C14H13Cl3N2. The molecule has 0 radical (unpaired) electrons. The molecule has 0 aliphatic rings. The minimum atomic E-state index is -0.167. The number of nitrogens with one attached hydrogen (secondary N) is 1. The average molecular weight is 316 g/mol. The van der Waals surface area contributed by atoms with Crippen LogP contribution >= 0.6 is 34.8 Å². The second kappa shape index (κ2) is 6.60. The summed E-state index contributed by atoms with van der Waals surface area (Å²) in [4.78, 5) is 0. The number of rotatable bonds is 4. The lowest BCUT2D eigenvalue weighted by atomic mass is 9.99. The van der Waals surface area contributed by atoms with Crippen LogP contribution in [0, 0.1) is 0 Å². The van der Waals surface area contributed by atoms with Crippen LogP contribution in [0.3, 0.4) is 0 Å². The number of hydrazine groups is 1. The molecule has 3 N–H and O–H groups in total. The van der Waals surface area contributed by atoms with Crippen LogP contribution in [0.15, 0.2) is 42.5 Å². The molecule has 0 amide bonds. The summed E-state index contributed by atoms with van der Waals surface area (Å²) in [5.41, 5.74) is 4.62. The molecule has 0 aromatic heterocycles. The molecule has 2 aromatic carbocycles. The summed E-state index contributed by atoms with van der Waals surface area (Å²) in [6.07, 6.45) is 0.653. The van der Waals surface area contributed by atoms with E-state index in [1.54, 1.807) is 18.2 Å². The van der Waals surface area contributed by atoms with E-state index >= 15 is 0 Å². The van der Waals surface area contributed by atoms with Gasteiger partial charge in [0, 0.05) is 20.6 Å². The van der Waals surface area contributed by atoms with Gasteiger partial charge in [0.2, 0.25) is 0 Å². The van der Waals surface area contributed by atoms with E-state index in [1.807, 2.05) is 24.3 Å². The van der Waals surface area contributed by atoms with E-state index in [0.29, 0.717) is 21.5 Å². The molecule has 0 aliphatic heterocycles. The molecule has 2 nitrogen and oxygen atoms in total. The second-order valence-electron chi connectivity index (χ2n) is 4.19. The molecule has 2 rings (SSSR count). The van der Waals surface area contributed by atoms with E-state index in [1.165, 1.54) is 0 Å². The molecule has 0 bridgehead atoms. The fourth-order valence-electron chi connectivity index (χ4n) is 1.99. The summed E-state index contributed by atoms with van der Waals surface area (Å²) < 4.78 is 0. The summed E-state index contributed by atoms with van der Waals surface area (Å²) in [6.45, 7) is 0. The van der Waals surface area contributed by atoms with Gasteiger partial charge in [-0.25, -0.2) is 0 Å². The Labute approximate surface area is 127 Å². The Morgan fingerprint density at radius 2 is 1.63 bits per heavy atom. The first kappa shape index (κ1) is 14.6. The van der Waals surface area contributed by atoms with Crippen LogP contribution in [0.2, 0.25) is 15.1 Å². The molecule has 1 atom stereocenters. The van der Waals surface area contributed by atoms with Gasteiger partial charge in [0.15, 0.2) is 0 Å². The smallest absolute Gasteiger partial charge is 0.0529 e. The topological polar surface area (TPSA) is 38.0 Å². The van der Waals surface area contributed by atoms with Gasteiger partial charge >= 0.3 is 0 Å². The quantitative estimate of drug-likeness (QED) is 0.648. The summed E-state index contributed by atoms with van der Waals surface area (Å²) in [5.74, 6) is 5.63. The van der Waals surface area contributed by atoms with Gasteiger partial charge < -0.3 is 0 Å². The number of nitrogens with two attached hydrogens (primary N) is 1. The van der Waals surface area contributed by atoms with Crippen molar-refractivity contribution in [3.63, 3.8) is 0 Å². The van der Waals surface area contributed by atoms with Crippen molar-refractivity contribution >= 4 is 34.8 Å². The van der Waals surface area contributed by atoms with Gasteiger partial charge in [-0.1, -0.05) is 53.0 Å². The highest BCUT2D eigenvalue weighted by molar-refractivity contribution is 6.36. The molecular weight excluding hydrogens is 303 g/mol. The average Bonchev–Trinajstić information content (AvgIpc) is 2.37. The van der Waals surface area contributed by atoms with Crippen molar-refractivity contribution in [2.24, 2.45) is 5.84 Å². The van der Waals surface area contributed by atoms with E-state index in [-0.39, 0.29) is 6.04 Å². The van der Waals surface area contributed by atoms with Gasteiger partial charge in [0.05, 0.1) is 6.04 Å². The lowest BCUT2D eigenvalue weighted by Gasteiger charge is -2.19. The van der Waals surface area contributed by atoms with Gasteiger partial charge in [-0.3, -0.25) is 11.3 Å². The standard InChI is InChI=1S/C14H13Cl3N2/c15-10-4-1-3-9(7-10)8-13(19-18)14-11(16)5-2-6-12(14)17/h1-7,13,19H,8,18H2. The van der Waals surface area contributed by atoms with Crippen molar-refractivity contribution in [1.82, 2.24) is 5.43 Å². The van der Waals surface area contributed by atoms with Crippen molar-refractivity contribution in [3.05, 3.63) is 68.7 Å². The number of hydrogen-bond acceptors (Lipinski definition) is 2. The lowest BCUT2D eigenvalue weighted by molar-refractivity contribution is 0.552. The summed E-state index contributed by atoms with van der Waals surface area (Å²) >= 11 is 18.4. The molecule has 19 heavy (non-hydrogen) atoms. The van der Waals surface area contributed by atoms with Crippen LogP contribution in [0.25, 0.3) is 0 Å². The van der Waals surface area contributed by atoms with Gasteiger partial charge in [-0.05, 0) is 36.2 Å². The van der Waals surface area contributed by atoms with Crippen LogP contribution in [-0.4, -0.2) is 0 Å². The van der Waals surface area contributed by atoms with Crippen LogP contribution in [-0.2, 0) is 6.42 Å². The third kappa shape index (κ3) is 3.62. The predicted molar refractivity (Wildman–Crippen MR) is 81.7 cm³/mol. The van der Waals surface area contributed by atoms with Crippen molar-refractivity contribution in [2.75, 3.05) is 0 Å². The number of benzene rings is 2. The molecule has 100 valence electrons. The Kier molecular flexibility index (Phi) is 5.08. The molecule has 0 aliphatic carbocycles. The maximum Gasteiger partial charge on any atom is 0.0529 e. The van der Waals surface area contributed by atoms with E-state index in [0.717, 1.165) is 11.1 Å². The molecule has 0 fully saturated rings. The highest BCUT2D eigenvalue weighted by atomic mass is 35.5. The molecule has 1 unspecified atom stereocenters. The van der Waals surface area contributed by atoms with Gasteiger partial charge in [-0.15, -0.1) is 0 Å². The third-order valence-electron chi connectivity index (χ3n) is 2.88. The van der Waals surface area contributed by atoms with Gasteiger partial charge in [0.25, 0.3) is 0 Å². The second-order valence-corrected chi connectivity index (χ2v) is 5.44. The Hall–Kier alpha value is -0.770. The van der Waals surface area contributed by atoms with Crippen molar-refractivity contribution in [1.29, 1.82) is 0 Å². The largest absolute Gasteiger partial charge is 0.271 e. The zero-order valence-corrected chi connectivity index (χ0v) is 12.3. The van der Waals surface area contributed by atoms with E-state index < -0.39 is 0 Å². The highest BCUT2D eigenvalue weighted by Crippen LogP contribution is 2.32. The van der Waals surface area contributed by atoms with Crippen LogP contribution in [0.4, 0.5) is 0 Å². The first-order valence-electron chi connectivity index (χ1n) is 5.76. The van der Waals surface area contributed by atoms with Crippen molar-refractivity contribution in [2.45, 2.75) is 12.5 Å². The van der Waals surface area contributed by atoms with E-state index in [9.17, 15) is 0 Å². The van der Waals surface area contributed by atoms with Gasteiger partial charge in [0.1, 0.15) is 0 Å². The van der Waals surface area contributed by atoms with Crippen LogP contribution in [0.1, 0.15) is 17.2 Å². The number of halogens is 3. The van der Waals surface area contributed by atoms with Gasteiger partial charge in [-0.2, -0.15) is 0 Å². The summed E-state index contributed by atoms with van der Waals surface area (Å²) in [6, 6.07) is 12.9. The van der Waals surface area contributed by atoms with Crippen molar-refractivity contribution in [3.8, 4) is 0 Å². The molecule has 2 aromatic rings. The molecule has 0 saturated heterocycles. The highest BCUT2D eigenvalue weighted by Gasteiger charge is 2.17. The fourth-order valence-corrected chi connectivity index (χ4v) is 2.86. The maximum atomic E-state index is 6.19. The lowest BCUT2D eigenvalue weighted by Crippen LogP contribution is -2.30. The minimum Gasteiger partial charge on any atom is -0.271 e. The number of hydrogen-bond donors (Lipinski definition) is 2. The Morgan fingerprint density at radius 3 is 2.21 bits per heavy atom. The molecule has 5 heteroatoms. The molecule has 0 heterocycles. The zero-order chi connectivity index (χ0) is 13.8. The van der Waals surface area contributed by atoms with E-state index in [4.69, 9.17) is 40.6 Å². The van der Waals surface area contributed by atoms with Crippen LogP contribution < -0.4 is 11.3 Å².